The second-order valence-corrected chi connectivity index (χ2v) is 6.83. The minimum absolute atomic E-state index is 0.0588. The number of nitrogens with one attached hydrogen (secondary N) is 1. The number of rotatable bonds is 3. The van der Waals surface area contributed by atoms with E-state index in [1.807, 2.05) is 13.6 Å². The molecule has 3 rings (SSSR count). The highest BCUT2D eigenvalue weighted by Crippen LogP contribution is 2.26. The highest BCUT2D eigenvalue weighted by atomic mass is 35.5. The van der Waals surface area contributed by atoms with Crippen molar-refractivity contribution < 1.29 is 32.7 Å². The number of aliphatic hydroxyl groups excluding tert-OH is 1. The summed E-state index contributed by atoms with van der Waals surface area (Å²) in [5.74, 6) is -1.71. The molecule has 2 aromatic carbocycles. The molecule has 168 valence electrons. The second kappa shape index (κ2) is 12.7. The summed E-state index contributed by atoms with van der Waals surface area (Å²) in [4.78, 5) is 30.0. The number of β-amino-alcohol motifs (C(OH)–C–C–N with tert-alkyl or cyclic N) is 1. The van der Waals surface area contributed by atoms with E-state index in [9.17, 15) is 23.1 Å². The first kappa shape index (κ1) is 26.1. The van der Waals surface area contributed by atoms with Crippen LogP contribution in [0.5, 0.6) is 0 Å². The Kier molecular flexibility index (Phi) is 10.7. The molecule has 0 saturated carbocycles. The summed E-state index contributed by atoms with van der Waals surface area (Å²) in [6, 6.07) is 7.56. The molecule has 2 N–H and O–H groups in total. The second-order valence-electron chi connectivity index (χ2n) is 6.42. The monoisotopic (exact) mass is 458 g/mol. The molecule has 1 amide bonds. The summed E-state index contributed by atoms with van der Waals surface area (Å²) in [5, 5.41) is 12.3. The van der Waals surface area contributed by atoms with Crippen LogP contribution in [0, 0.1) is 11.6 Å². The molecule has 1 saturated heterocycles. The molecule has 10 heteroatoms. The van der Waals surface area contributed by atoms with Crippen molar-refractivity contribution in [3.05, 3.63) is 58.6 Å². The van der Waals surface area contributed by atoms with Crippen molar-refractivity contribution in [3.8, 4) is 0 Å². The van der Waals surface area contributed by atoms with Crippen LogP contribution in [-0.4, -0.2) is 50.0 Å². The van der Waals surface area contributed by atoms with Crippen molar-refractivity contribution in [1.82, 2.24) is 0 Å². The van der Waals surface area contributed by atoms with Gasteiger partial charge in [-0.15, -0.1) is 0 Å². The molecular formula is C21H22ClF3N2O4. The van der Waals surface area contributed by atoms with Gasteiger partial charge < -0.3 is 24.9 Å². The molecule has 1 aliphatic rings. The number of hydrogen-bond acceptors (Lipinski definition) is 5. The van der Waals surface area contributed by atoms with Gasteiger partial charge in [0.1, 0.15) is 37.5 Å². The molecule has 2 aromatic rings. The summed E-state index contributed by atoms with van der Waals surface area (Å²) < 4.78 is 41.2. The molecule has 6 nitrogen and oxygen atoms in total. The molecule has 0 bridgehead atoms. The van der Waals surface area contributed by atoms with E-state index in [0.29, 0.717) is 18.7 Å². The van der Waals surface area contributed by atoms with E-state index in [0.717, 1.165) is 12.1 Å². The maximum absolute atomic E-state index is 14.3. The first-order valence-corrected chi connectivity index (χ1v) is 9.43. The molecule has 2 atom stereocenters. The lowest BCUT2D eigenvalue weighted by molar-refractivity contribution is -0.0987. The van der Waals surface area contributed by atoms with Crippen LogP contribution in [-0.2, 0) is 9.59 Å². The van der Waals surface area contributed by atoms with E-state index in [4.69, 9.17) is 21.2 Å². The van der Waals surface area contributed by atoms with Crippen LogP contribution in [0.25, 0.3) is 0 Å². The Bertz CT molecular complexity index is 886. The zero-order chi connectivity index (χ0) is 23.6. The lowest BCUT2D eigenvalue weighted by atomic mass is 10.1. The summed E-state index contributed by atoms with van der Waals surface area (Å²) in [7, 11) is 0. The van der Waals surface area contributed by atoms with E-state index in [1.54, 1.807) is 0 Å². The standard InChI is InChI=1S/C19H18ClF3N2O2.2CH2O/c20-13-9-12(4-6-14(13)21)24-19(27)11-3-5-15(22)17(8-11)25-7-1-2-16(23)18(26)10-25;2*1-2/h3-6,8-9,16,18,26H,1-2,7,10H2,(H,24,27);2*1H2/t16?,18-;;/m0../s1. The van der Waals surface area contributed by atoms with Gasteiger partial charge in [0.15, 0.2) is 0 Å². The van der Waals surface area contributed by atoms with E-state index in [1.165, 1.54) is 29.2 Å². The smallest absolute Gasteiger partial charge is 0.255 e. The topological polar surface area (TPSA) is 86.7 Å². The van der Waals surface area contributed by atoms with Crippen molar-refractivity contribution in [2.24, 2.45) is 0 Å². The van der Waals surface area contributed by atoms with E-state index >= 15 is 0 Å². The summed E-state index contributed by atoms with van der Waals surface area (Å²) in [6.07, 6.45) is -1.91. The first-order valence-electron chi connectivity index (χ1n) is 9.06. The van der Waals surface area contributed by atoms with Crippen LogP contribution in [0.1, 0.15) is 23.2 Å². The molecule has 0 aromatic heterocycles. The summed E-state index contributed by atoms with van der Waals surface area (Å²) in [5.41, 5.74) is 0.582. The van der Waals surface area contributed by atoms with E-state index in [2.05, 4.69) is 5.32 Å². The van der Waals surface area contributed by atoms with Gasteiger partial charge in [-0.3, -0.25) is 4.79 Å². The van der Waals surface area contributed by atoms with E-state index in [-0.39, 0.29) is 29.2 Å². The van der Waals surface area contributed by atoms with Crippen LogP contribution in [0.4, 0.5) is 24.5 Å². The van der Waals surface area contributed by atoms with Gasteiger partial charge in [-0.2, -0.15) is 0 Å². The number of hydrogen-bond donors (Lipinski definition) is 2. The Hall–Kier alpha value is -2.91. The fraction of sp³-hybridized carbons (Fsp3) is 0.286. The van der Waals surface area contributed by atoms with Gasteiger partial charge in [0.2, 0.25) is 0 Å². The van der Waals surface area contributed by atoms with E-state index < -0.39 is 29.8 Å². The van der Waals surface area contributed by atoms with Crippen LogP contribution < -0.4 is 10.2 Å². The predicted molar refractivity (Wildman–Crippen MR) is 112 cm³/mol. The lowest BCUT2D eigenvalue weighted by Crippen LogP contribution is -2.35. The minimum Gasteiger partial charge on any atom is -0.388 e. The first-order chi connectivity index (χ1) is 14.8. The van der Waals surface area contributed by atoms with Gasteiger partial charge >= 0.3 is 0 Å². The number of aliphatic hydroxyl groups is 1. The quantitative estimate of drug-likeness (QED) is 0.730. The molecule has 0 spiro atoms. The zero-order valence-corrected chi connectivity index (χ0v) is 17.2. The third-order valence-corrected chi connectivity index (χ3v) is 4.75. The number of halogens is 4. The fourth-order valence-corrected chi connectivity index (χ4v) is 3.17. The van der Waals surface area contributed by atoms with Crippen molar-refractivity contribution in [2.75, 3.05) is 23.3 Å². The maximum atomic E-state index is 14.3. The van der Waals surface area contributed by atoms with Gasteiger partial charge in [0.25, 0.3) is 5.91 Å². The van der Waals surface area contributed by atoms with Gasteiger partial charge in [0, 0.05) is 24.3 Å². The number of benzene rings is 2. The van der Waals surface area contributed by atoms with Crippen LogP contribution >= 0.6 is 11.6 Å². The van der Waals surface area contributed by atoms with Crippen LogP contribution in [0.15, 0.2) is 36.4 Å². The van der Waals surface area contributed by atoms with Crippen molar-refractivity contribution in [2.45, 2.75) is 25.1 Å². The molecule has 1 heterocycles. The number of anilines is 2. The number of carbonyl (C=O) groups excluding carboxylic acids is 3. The summed E-state index contributed by atoms with van der Waals surface area (Å²) >= 11 is 5.69. The maximum Gasteiger partial charge on any atom is 0.255 e. The van der Waals surface area contributed by atoms with Crippen LogP contribution in [0.3, 0.4) is 0 Å². The number of alkyl halides is 1. The van der Waals surface area contributed by atoms with Crippen molar-refractivity contribution >= 4 is 42.5 Å². The molecule has 1 fully saturated rings. The van der Waals surface area contributed by atoms with Crippen LogP contribution in [0.2, 0.25) is 5.02 Å². The van der Waals surface area contributed by atoms with Gasteiger partial charge in [-0.25, -0.2) is 13.2 Å². The molecule has 0 aliphatic carbocycles. The Labute approximate surface area is 182 Å². The largest absolute Gasteiger partial charge is 0.388 e. The highest BCUT2D eigenvalue weighted by Gasteiger charge is 2.27. The molecule has 1 aliphatic heterocycles. The normalized spacial score (nSPS) is 17.9. The fourth-order valence-electron chi connectivity index (χ4n) is 2.99. The minimum atomic E-state index is -1.35. The Morgan fingerprint density at radius 3 is 2.39 bits per heavy atom. The Morgan fingerprint density at radius 2 is 1.74 bits per heavy atom. The van der Waals surface area contributed by atoms with Gasteiger partial charge in [-0.1, -0.05) is 11.6 Å². The average molecular weight is 459 g/mol. The average Bonchev–Trinajstić information content (AvgIpc) is 2.94. The number of nitrogens with zero attached hydrogens (tertiary/aromatic N) is 1. The third-order valence-electron chi connectivity index (χ3n) is 4.46. The van der Waals surface area contributed by atoms with Crippen molar-refractivity contribution in [1.29, 1.82) is 0 Å². The number of amides is 1. The predicted octanol–water partition coefficient (Wildman–Crippen LogP) is 3.80. The summed E-state index contributed by atoms with van der Waals surface area (Å²) in [6.45, 7) is 4.31. The van der Waals surface area contributed by atoms with Gasteiger partial charge in [-0.05, 0) is 49.2 Å². The molecule has 1 unspecified atom stereocenters. The molecular weight excluding hydrogens is 437 g/mol. The highest BCUT2D eigenvalue weighted by molar-refractivity contribution is 6.31. The van der Waals surface area contributed by atoms with Gasteiger partial charge in [0.05, 0.1) is 10.7 Å². The molecule has 31 heavy (non-hydrogen) atoms. The van der Waals surface area contributed by atoms with Crippen molar-refractivity contribution in [3.63, 3.8) is 0 Å². The molecule has 0 radical (unpaired) electrons. The Morgan fingerprint density at radius 1 is 1.10 bits per heavy atom. The lowest BCUT2D eigenvalue weighted by Gasteiger charge is -2.25. The Balaban J connectivity index is 0.00000113. The zero-order valence-electron chi connectivity index (χ0n) is 16.5. The number of carbonyl (C=O) groups is 3. The third kappa shape index (κ3) is 7.08. The SMILES string of the molecule is C=O.C=O.O=C(Nc1ccc(F)c(Cl)c1)c1ccc(F)c(N2CCCC(F)[C@@H](O)C2)c1.